The zero-order chi connectivity index (χ0) is 15.8. The van der Waals surface area contributed by atoms with Gasteiger partial charge in [0.2, 0.25) is 0 Å². The Kier molecular flexibility index (Phi) is 8.90. The number of rotatable bonds is 9. The number of nitrogens with zero attached hydrogens (tertiary/aromatic N) is 3. The summed E-state index contributed by atoms with van der Waals surface area (Å²) in [4.78, 5) is 6.66. The molecule has 0 aliphatic carbocycles. The fraction of sp³-hybridized carbons (Fsp3) is 0.875. The van der Waals surface area contributed by atoms with Gasteiger partial charge in [-0.2, -0.15) is 0 Å². The molecule has 20 heavy (non-hydrogen) atoms. The third-order valence-corrected chi connectivity index (χ3v) is 3.17. The van der Waals surface area contributed by atoms with Crippen molar-refractivity contribution in [2.45, 2.75) is 33.6 Å². The van der Waals surface area contributed by atoms with E-state index < -0.39 is 0 Å². The van der Waals surface area contributed by atoms with Crippen LogP contribution in [-0.2, 0) is 0 Å². The molecule has 120 valence electrons. The highest BCUT2D eigenvalue weighted by molar-refractivity contribution is 5.00. The van der Waals surface area contributed by atoms with Crippen molar-refractivity contribution >= 4 is 0 Å². The molecule has 0 bridgehead atoms. The van der Waals surface area contributed by atoms with Crippen LogP contribution in [0.3, 0.4) is 0 Å². The minimum atomic E-state index is -0.179. The molecule has 0 radical (unpaired) electrons. The maximum Gasteiger partial charge on any atom is 0.113 e. The number of allylic oxidation sites excluding steroid dienone is 1. The summed E-state index contributed by atoms with van der Waals surface area (Å²) < 4.78 is 0. The van der Waals surface area contributed by atoms with E-state index in [4.69, 9.17) is 0 Å². The molecule has 0 aromatic heterocycles. The first kappa shape index (κ1) is 19.3. The van der Waals surface area contributed by atoms with Gasteiger partial charge < -0.3 is 19.8 Å². The van der Waals surface area contributed by atoms with Crippen molar-refractivity contribution in [2.24, 2.45) is 5.41 Å². The van der Waals surface area contributed by atoms with Gasteiger partial charge in [0.25, 0.3) is 0 Å². The predicted octanol–water partition coefficient (Wildman–Crippen LogP) is 2.64. The van der Waals surface area contributed by atoms with Crippen molar-refractivity contribution in [3.05, 3.63) is 12.0 Å². The maximum atomic E-state index is 10.2. The first-order chi connectivity index (χ1) is 9.12. The summed E-state index contributed by atoms with van der Waals surface area (Å²) >= 11 is 0. The fourth-order valence-electron chi connectivity index (χ4n) is 1.79. The van der Waals surface area contributed by atoms with Crippen LogP contribution in [0, 0.1) is 5.41 Å². The van der Waals surface area contributed by atoms with E-state index in [1.54, 1.807) is 0 Å². The van der Waals surface area contributed by atoms with Gasteiger partial charge in [0.1, 0.15) is 5.76 Å². The SMILES string of the molecule is CN(C)CCCN(/C=C(\O)C(C)(C)C)CCCN(C)C. The lowest BCUT2D eigenvalue weighted by molar-refractivity contribution is 0.244. The molecule has 4 heteroatoms. The first-order valence-electron chi connectivity index (χ1n) is 7.57. The number of aliphatic hydroxyl groups is 1. The summed E-state index contributed by atoms with van der Waals surface area (Å²) in [6, 6.07) is 0. The standard InChI is InChI=1S/C16H35N3O/c1-16(2,3)15(20)14-19(12-8-10-17(4)5)13-9-11-18(6)7/h14,20H,8-13H2,1-7H3/b15-14-. The van der Waals surface area contributed by atoms with E-state index in [0.717, 1.165) is 39.0 Å². The molecule has 0 aromatic carbocycles. The van der Waals surface area contributed by atoms with Gasteiger partial charge in [-0.05, 0) is 54.1 Å². The molecular formula is C16H35N3O. The second-order valence-corrected chi connectivity index (χ2v) is 7.11. The van der Waals surface area contributed by atoms with Gasteiger partial charge in [-0.15, -0.1) is 0 Å². The molecule has 0 rings (SSSR count). The molecule has 0 saturated heterocycles. The van der Waals surface area contributed by atoms with Crippen molar-refractivity contribution in [3.63, 3.8) is 0 Å². The van der Waals surface area contributed by atoms with Gasteiger partial charge in [0.05, 0.1) is 0 Å². The van der Waals surface area contributed by atoms with E-state index in [9.17, 15) is 5.11 Å². The highest BCUT2D eigenvalue weighted by Gasteiger charge is 2.17. The Bertz CT molecular complexity index is 266. The average molecular weight is 285 g/mol. The summed E-state index contributed by atoms with van der Waals surface area (Å²) in [5, 5.41) is 10.2. The van der Waals surface area contributed by atoms with Crippen LogP contribution in [0.15, 0.2) is 12.0 Å². The largest absolute Gasteiger partial charge is 0.510 e. The van der Waals surface area contributed by atoms with Crippen LogP contribution in [0.25, 0.3) is 0 Å². The van der Waals surface area contributed by atoms with Gasteiger partial charge in [-0.25, -0.2) is 0 Å². The molecule has 0 atom stereocenters. The van der Waals surface area contributed by atoms with Gasteiger partial charge in [-0.3, -0.25) is 0 Å². The van der Waals surface area contributed by atoms with E-state index >= 15 is 0 Å². The second-order valence-electron chi connectivity index (χ2n) is 7.11. The summed E-state index contributed by atoms with van der Waals surface area (Å²) in [7, 11) is 8.38. The van der Waals surface area contributed by atoms with Gasteiger partial charge in [0, 0.05) is 24.7 Å². The zero-order valence-electron chi connectivity index (χ0n) is 14.6. The van der Waals surface area contributed by atoms with Crippen molar-refractivity contribution < 1.29 is 5.11 Å². The van der Waals surface area contributed by atoms with Crippen LogP contribution in [0.2, 0.25) is 0 Å². The Morgan fingerprint density at radius 1 is 0.850 bits per heavy atom. The topological polar surface area (TPSA) is 30.0 Å². The molecule has 0 aliphatic heterocycles. The minimum absolute atomic E-state index is 0.179. The Morgan fingerprint density at radius 2 is 1.25 bits per heavy atom. The number of hydrogen-bond acceptors (Lipinski definition) is 4. The Balaban J connectivity index is 4.45. The molecule has 1 N–H and O–H groups in total. The van der Waals surface area contributed by atoms with E-state index in [0.29, 0.717) is 5.76 Å². The van der Waals surface area contributed by atoms with Crippen molar-refractivity contribution in [1.29, 1.82) is 0 Å². The van der Waals surface area contributed by atoms with Crippen molar-refractivity contribution in [2.75, 3.05) is 54.4 Å². The molecular weight excluding hydrogens is 250 g/mol. The van der Waals surface area contributed by atoms with E-state index in [1.165, 1.54) is 0 Å². The molecule has 0 aliphatic rings. The fourth-order valence-corrected chi connectivity index (χ4v) is 1.79. The van der Waals surface area contributed by atoms with E-state index in [2.05, 4.69) is 42.9 Å². The molecule has 0 unspecified atom stereocenters. The molecule has 0 heterocycles. The summed E-state index contributed by atoms with van der Waals surface area (Å²) in [6.07, 6.45) is 4.16. The van der Waals surface area contributed by atoms with Crippen LogP contribution >= 0.6 is 0 Å². The van der Waals surface area contributed by atoms with Gasteiger partial charge in [-0.1, -0.05) is 20.8 Å². The average Bonchev–Trinajstić information content (AvgIpc) is 2.26. The lowest BCUT2D eigenvalue weighted by Crippen LogP contribution is -2.27. The van der Waals surface area contributed by atoms with Gasteiger partial charge in [0.15, 0.2) is 0 Å². The Labute approximate surface area is 126 Å². The monoisotopic (exact) mass is 285 g/mol. The van der Waals surface area contributed by atoms with Crippen LogP contribution in [0.5, 0.6) is 0 Å². The van der Waals surface area contributed by atoms with E-state index in [1.807, 2.05) is 27.0 Å². The lowest BCUT2D eigenvalue weighted by Gasteiger charge is -2.26. The van der Waals surface area contributed by atoms with Crippen LogP contribution in [-0.4, -0.2) is 74.2 Å². The molecule has 0 saturated carbocycles. The second kappa shape index (κ2) is 9.24. The van der Waals surface area contributed by atoms with Crippen molar-refractivity contribution in [3.8, 4) is 0 Å². The summed E-state index contributed by atoms with van der Waals surface area (Å²) in [5.41, 5.74) is -0.179. The third-order valence-electron chi connectivity index (χ3n) is 3.17. The normalized spacial score (nSPS) is 13.3. The van der Waals surface area contributed by atoms with E-state index in [-0.39, 0.29) is 5.41 Å². The Morgan fingerprint density at radius 3 is 1.55 bits per heavy atom. The number of hydrogen-bond donors (Lipinski definition) is 1. The van der Waals surface area contributed by atoms with Crippen molar-refractivity contribution in [1.82, 2.24) is 14.7 Å². The highest BCUT2D eigenvalue weighted by atomic mass is 16.3. The summed E-state index contributed by atoms with van der Waals surface area (Å²) in [5.74, 6) is 0.465. The molecule has 0 aromatic rings. The Hall–Kier alpha value is -0.740. The minimum Gasteiger partial charge on any atom is -0.510 e. The summed E-state index contributed by atoms with van der Waals surface area (Å²) in [6.45, 7) is 10.3. The molecule has 4 nitrogen and oxygen atoms in total. The van der Waals surface area contributed by atoms with Crippen LogP contribution in [0.1, 0.15) is 33.6 Å². The van der Waals surface area contributed by atoms with Gasteiger partial charge >= 0.3 is 0 Å². The zero-order valence-corrected chi connectivity index (χ0v) is 14.6. The van der Waals surface area contributed by atoms with Crippen LogP contribution < -0.4 is 0 Å². The number of aliphatic hydroxyl groups excluding tert-OH is 1. The van der Waals surface area contributed by atoms with Crippen LogP contribution in [0.4, 0.5) is 0 Å². The highest BCUT2D eigenvalue weighted by Crippen LogP contribution is 2.22. The predicted molar refractivity (Wildman–Crippen MR) is 88.1 cm³/mol. The first-order valence-corrected chi connectivity index (χ1v) is 7.57. The molecule has 0 spiro atoms. The molecule has 0 fully saturated rings. The maximum absolute atomic E-state index is 10.2. The third kappa shape index (κ3) is 10.1. The molecule has 0 amide bonds. The lowest BCUT2D eigenvalue weighted by atomic mass is 9.94. The quantitative estimate of drug-likeness (QED) is 0.660. The smallest absolute Gasteiger partial charge is 0.113 e.